The van der Waals surface area contributed by atoms with Crippen LogP contribution < -0.4 is 5.32 Å². The van der Waals surface area contributed by atoms with E-state index in [1.54, 1.807) is 6.08 Å². The molecular weight excluding hydrogens is 178 g/mol. The molecular formula is C11H21NO2. The molecule has 0 aromatic carbocycles. The van der Waals surface area contributed by atoms with E-state index in [2.05, 4.69) is 18.8 Å². The van der Waals surface area contributed by atoms with E-state index in [-0.39, 0.29) is 5.97 Å². The lowest BCUT2D eigenvalue weighted by Crippen LogP contribution is -2.16. The van der Waals surface area contributed by atoms with E-state index in [0.717, 1.165) is 32.4 Å². The first-order valence-electron chi connectivity index (χ1n) is 5.28. The zero-order chi connectivity index (χ0) is 10.6. The van der Waals surface area contributed by atoms with E-state index in [9.17, 15) is 4.79 Å². The van der Waals surface area contributed by atoms with Crippen LogP contribution in [-0.4, -0.2) is 25.7 Å². The first-order valence-corrected chi connectivity index (χ1v) is 5.28. The van der Waals surface area contributed by atoms with Gasteiger partial charge < -0.3 is 10.1 Å². The standard InChI is InChI=1S/C11H21NO2/c1-3-5-10-14-11(13)7-6-9-12-8-4-2/h4,12H,2-3,5-10H2,1H3. The average Bonchev–Trinajstić information content (AvgIpc) is 2.18. The maximum absolute atomic E-state index is 11.1. The number of unbranched alkanes of at least 4 members (excludes halogenated alkanes) is 1. The Labute approximate surface area is 86.5 Å². The molecule has 82 valence electrons. The molecule has 0 atom stereocenters. The molecule has 0 aliphatic heterocycles. The van der Waals surface area contributed by atoms with Crippen molar-refractivity contribution in [3.8, 4) is 0 Å². The Bertz CT molecular complexity index is 157. The van der Waals surface area contributed by atoms with Gasteiger partial charge in [-0.3, -0.25) is 4.79 Å². The van der Waals surface area contributed by atoms with Gasteiger partial charge in [-0.15, -0.1) is 6.58 Å². The second-order valence-electron chi connectivity index (χ2n) is 3.17. The van der Waals surface area contributed by atoms with Crippen LogP contribution in [0, 0.1) is 0 Å². The summed E-state index contributed by atoms with van der Waals surface area (Å²) in [5.74, 6) is -0.0844. The van der Waals surface area contributed by atoms with Crippen molar-refractivity contribution in [1.82, 2.24) is 5.32 Å². The Morgan fingerprint density at radius 3 is 2.93 bits per heavy atom. The minimum atomic E-state index is -0.0844. The number of ether oxygens (including phenoxy) is 1. The van der Waals surface area contributed by atoms with Crippen LogP contribution >= 0.6 is 0 Å². The van der Waals surface area contributed by atoms with E-state index >= 15 is 0 Å². The summed E-state index contributed by atoms with van der Waals surface area (Å²) in [6.45, 7) is 7.87. The second-order valence-corrected chi connectivity index (χ2v) is 3.17. The van der Waals surface area contributed by atoms with Crippen molar-refractivity contribution < 1.29 is 9.53 Å². The summed E-state index contributed by atoms with van der Waals surface area (Å²) >= 11 is 0. The van der Waals surface area contributed by atoms with Gasteiger partial charge in [-0.05, 0) is 19.4 Å². The topological polar surface area (TPSA) is 38.3 Å². The smallest absolute Gasteiger partial charge is 0.305 e. The fraction of sp³-hybridized carbons (Fsp3) is 0.727. The van der Waals surface area contributed by atoms with Crippen molar-refractivity contribution in [3.05, 3.63) is 12.7 Å². The lowest BCUT2D eigenvalue weighted by Gasteiger charge is -2.03. The minimum Gasteiger partial charge on any atom is -0.466 e. The summed E-state index contributed by atoms with van der Waals surface area (Å²) in [6, 6.07) is 0. The molecule has 0 amide bonds. The highest BCUT2D eigenvalue weighted by Crippen LogP contribution is 1.94. The Balaban J connectivity index is 3.14. The van der Waals surface area contributed by atoms with Crippen LogP contribution in [0.25, 0.3) is 0 Å². The summed E-state index contributed by atoms with van der Waals surface area (Å²) in [5.41, 5.74) is 0. The molecule has 0 aromatic rings. The van der Waals surface area contributed by atoms with Crippen molar-refractivity contribution >= 4 is 5.97 Å². The molecule has 1 N–H and O–H groups in total. The van der Waals surface area contributed by atoms with E-state index < -0.39 is 0 Å². The molecule has 0 unspecified atom stereocenters. The van der Waals surface area contributed by atoms with Crippen LogP contribution in [-0.2, 0) is 9.53 Å². The monoisotopic (exact) mass is 199 g/mol. The number of rotatable bonds is 9. The molecule has 0 heterocycles. The first kappa shape index (κ1) is 13.2. The third-order valence-corrected chi connectivity index (χ3v) is 1.78. The Morgan fingerprint density at radius 2 is 2.29 bits per heavy atom. The summed E-state index contributed by atoms with van der Waals surface area (Å²) in [7, 11) is 0. The Hall–Kier alpha value is -0.830. The Morgan fingerprint density at radius 1 is 1.50 bits per heavy atom. The number of hydrogen-bond donors (Lipinski definition) is 1. The lowest BCUT2D eigenvalue weighted by molar-refractivity contribution is -0.143. The number of esters is 1. The molecule has 3 heteroatoms. The summed E-state index contributed by atoms with van der Waals surface area (Å²) in [4.78, 5) is 11.1. The van der Waals surface area contributed by atoms with Gasteiger partial charge in [0.1, 0.15) is 0 Å². The number of hydrogen-bond acceptors (Lipinski definition) is 3. The highest BCUT2D eigenvalue weighted by molar-refractivity contribution is 5.69. The first-order chi connectivity index (χ1) is 6.81. The number of carbonyl (C=O) groups is 1. The second kappa shape index (κ2) is 10.3. The van der Waals surface area contributed by atoms with Gasteiger partial charge in [0.15, 0.2) is 0 Å². The predicted octanol–water partition coefficient (Wildman–Crippen LogP) is 1.89. The molecule has 0 radical (unpaired) electrons. The van der Waals surface area contributed by atoms with Gasteiger partial charge >= 0.3 is 5.97 Å². The van der Waals surface area contributed by atoms with Crippen LogP contribution in [0.2, 0.25) is 0 Å². The largest absolute Gasteiger partial charge is 0.466 e. The lowest BCUT2D eigenvalue weighted by atomic mass is 10.3. The van der Waals surface area contributed by atoms with Crippen LogP contribution in [0.5, 0.6) is 0 Å². The third-order valence-electron chi connectivity index (χ3n) is 1.78. The minimum absolute atomic E-state index is 0.0844. The SMILES string of the molecule is C=CCNCCCC(=O)OCCCC. The molecule has 0 aliphatic rings. The van der Waals surface area contributed by atoms with Crippen molar-refractivity contribution in [2.24, 2.45) is 0 Å². The zero-order valence-electron chi connectivity index (χ0n) is 9.05. The van der Waals surface area contributed by atoms with E-state index in [1.165, 1.54) is 0 Å². The van der Waals surface area contributed by atoms with E-state index in [0.29, 0.717) is 13.0 Å². The summed E-state index contributed by atoms with van der Waals surface area (Å²) in [5, 5.41) is 3.13. The van der Waals surface area contributed by atoms with Gasteiger partial charge in [0.25, 0.3) is 0 Å². The van der Waals surface area contributed by atoms with Gasteiger partial charge in [-0.2, -0.15) is 0 Å². The maximum Gasteiger partial charge on any atom is 0.305 e. The fourth-order valence-electron chi connectivity index (χ4n) is 0.964. The fourth-order valence-corrected chi connectivity index (χ4v) is 0.964. The van der Waals surface area contributed by atoms with Gasteiger partial charge in [0, 0.05) is 13.0 Å². The molecule has 0 aromatic heterocycles. The predicted molar refractivity (Wildman–Crippen MR) is 58.2 cm³/mol. The van der Waals surface area contributed by atoms with Gasteiger partial charge in [0.2, 0.25) is 0 Å². The van der Waals surface area contributed by atoms with Crippen molar-refractivity contribution in [3.63, 3.8) is 0 Å². The van der Waals surface area contributed by atoms with Crippen LogP contribution in [0.15, 0.2) is 12.7 Å². The molecule has 0 bridgehead atoms. The van der Waals surface area contributed by atoms with Crippen LogP contribution in [0.3, 0.4) is 0 Å². The number of carbonyl (C=O) groups excluding carboxylic acids is 1. The van der Waals surface area contributed by atoms with Crippen molar-refractivity contribution in [2.75, 3.05) is 19.7 Å². The molecule has 14 heavy (non-hydrogen) atoms. The highest BCUT2D eigenvalue weighted by atomic mass is 16.5. The molecule has 0 fully saturated rings. The van der Waals surface area contributed by atoms with Gasteiger partial charge in [-0.25, -0.2) is 0 Å². The molecule has 0 aliphatic carbocycles. The highest BCUT2D eigenvalue weighted by Gasteiger charge is 2.00. The Kier molecular flexibility index (Phi) is 9.64. The molecule has 0 spiro atoms. The van der Waals surface area contributed by atoms with Crippen LogP contribution in [0.1, 0.15) is 32.6 Å². The third kappa shape index (κ3) is 9.26. The maximum atomic E-state index is 11.1. The zero-order valence-corrected chi connectivity index (χ0v) is 9.05. The normalized spacial score (nSPS) is 9.79. The van der Waals surface area contributed by atoms with Crippen LogP contribution in [0.4, 0.5) is 0 Å². The molecule has 0 saturated carbocycles. The molecule has 3 nitrogen and oxygen atoms in total. The number of nitrogens with one attached hydrogen (secondary N) is 1. The van der Waals surface area contributed by atoms with Gasteiger partial charge in [-0.1, -0.05) is 19.4 Å². The summed E-state index contributed by atoms with van der Waals surface area (Å²) in [6.07, 6.45) is 5.17. The van der Waals surface area contributed by atoms with Crippen molar-refractivity contribution in [2.45, 2.75) is 32.6 Å². The molecule has 0 rings (SSSR count). The van der Waals surface area contributed by atoms with E-state index in [4.69, 9.17) is 4.74 Å². The summed E-state index contributed by atoms with van der Waals surface area (Å²) < 4.78 is 5.00. The quantitative estimate of drug-likeness (QED) is 0.350. The van der Waals surface area contributed by atoms with Gasteiger partial charge in [0.05, 0.1) is 6.61 Å². The average molecular weight is 199 g/mol. The van der Waals surface area contributed by atoms with E-state index in [1.807, 2.05) is 0 Å². The van der Waals surface area contributed by atoms with Crippen molar-refractivity contribution in [1.29, 1.82) is 0 Å². The molecule has 0 saturated heterocycles.